The zero-order valence-electron chi connectivity index (χ0n) is 16.4. The summed E-state index contributed by atoms with van der Waals surface area (Å²) in [6.07, 6.45) is 1.96. The maximum atomic E-state index is 12.9. The summed E-state index contributed by atoms with van der Waals surface area (Å²) in [5, 5.41) is 3.43. The van der Waals surface area contributed by atoms with E-state index in [1.54, 1.807) is 30.3 Å². The first kappa shape index (κ1) is 19.6. The highest BCUT2D eigenvalue weighted by molar-refractivity contribution is 7.92. The highest BCUT2D eigenvalue weighted by Crippen LogP contribution is 2.26. The van der Waals surface area contributed by atoms with Gasteiger partial charge in [0.05, 0.1) is 15.9 Å². The summed E-state index contributed by atoms with van der Waals surface area (Å²) in [7, 11) is -3.76. The van der Waals surface area contributed by atoms with Gasteiger partial charge in [-0.25, -0.2) is 18.4 Å². The average Bonchev–Trinajstić information content (AvgIpc) is 2.75. The van der Waals surface area contributed by atoms with Crippen LogP contribution in [-0.4, -0.2) is 49.0 Å². The summed E-state index contributed by atoms with van der Waals surface area (Å²) >= 11 is 0. The number of aromatic nitrogens is 2. The van der Waals surface area contributed by atoms with Crippen molar-refractivity contribution in [1.82, 2.24) is 14.9 Å². The highest BCUT2D eigenvalue weighted by Gasteiger charge is 2.22. The average molecular weight is 412 g/mol. The van der Waals surface area contributed by atoms with Gasteiger partial charge >= 0.3 is 0 Å². The predicted molar refractivity (Wildman–Crippen MR) is 116 cm³/mol. The largest absolute Gasteiger partial charge is 0.364 e. The van der Waals surface area contributed by atoms with Crippen molar-refractivity contribution >= 4 is 32.7 Å². The lowest BCUT2D eigenvalue weighted by molar-refractivity contribution is 0.229. The molecule has 0 amide bonds. The number of hydrogen-bond donors (Lipinski definition) is 2. The van der Waals surface area contributed by atoms with Crippen LogP contribution in [0, 0.1) is 0 Å². The first-order chi connectivity index (χ1) is 14.0. The van der Waals surface area contributed by atoms with Crippen molar-refractivity contribution in [1.29, 1.82) is 0 Å². The predicted octanol–water partition coefficient (Wildman–Crippen LogP) is 3.33. The quantitative estimate of drug-likeness (QED) is 0.647. The van der Waals surface area contributed by atoms with E-state index in [1.165, 1.54) is 0 Å². The number of hydrogen-bond acceptors (Lipinski definition) is 6. The van der Waals surface area contributed by atoms with E-state index in [-0.39, 0.29) is 16.8 Å². The lowest BCUT2D eigenvalue weighted by atomic mass is 10.1. The minimum atomic E-state index is -3.76. The molecule has 0 unspecified atom stereocenters. The fourth-order valence-corrected chi connectivity index (χ4v) is 4.57. The van der Waals surface area contributed by atoms with Crippen molar-refractivity contribution in [3.8, 4) is 0 Å². The molecule has 1 aliphatic rings. The van der Waals surface area contributed by atoms with Crippen LogP contribution in [0.4, 0.5) is 11.6 Å². The molecule has 0 spiro atoms. The minimum Gasteiger partial charge on any atom is -0.364 e. The summed E-state index contributed by atoms with van der Waals surface area (Å²) < 4.78 is 28.3. The summed E-state index contributed by atoms with van der Waals surface area (Å²) in [4.78, 5) is 11.8. The number of para-hydroxylation sites is 2. The number of sulfonamides is 1. The third kappa shape index (κ3) is 4.49. The van der Waals surface area contributed by atoms with Crippen LogP contribution in [0.2, 0.25) is 0 Å². The van der Waals surface area contributed by atoms with Crippen LogP contribution in [-0.2, 0) is 10.0 Å². The maximum absolute atomic E-state index is 12.9. The van der Waals surface area contributed by atoms with Crippen molar-refractivity contribution < 1.29 is 8.42 Å². The highest BCUT2D eigenvalue weighted by atomic mass is 32.2. The van der Waals surface area contributed by atoms with Crippen LogP contribution in [0.15, 0.2) is 59.5 Å². The molecule has 1 aliphatic heterocycles. The van der Waals surface area contributed by atoms with Crippen molar-refractivity contribution in [2.45, 2.75) is 30.7 Å². The molecule has 0 atom stereocenters. The third-order valence-electron chi connectivity index (χ3n) is 5.23. The van der Waals surface area contributed by atoms with Crippen LogP contribution in [0.3, 0.4) is 0 Å². The summed E-state index contributed by atoms with van der Waals surface area (Å²) in [5.41, 5.74) is 1.37. The van der Waals surface area contributed by atoms with Crippen LogP contribution >= 0.6 is 0 Å². The molecule has 1 aromatic heterocycles. The molecule has 2 N–H and O–H groups in total. The van der Waals surface area contributed by atoms with E-state index in [0.717, 1.165) is 38.0 Å². The number of nitrogens with one attached hydrogen (secondary N) is 2. The third-order valence-corrected chi connectivity index (χ3v) is 6.59. The Morgan fingerprint density at radius 1 is 0.931 bits per heavy atom. The number of benzene rings is 2. The molecule has 7 nitrogen and oxygen atoms in total. The molecular weight excluding hydrogens is 386 g/mol. The number of fused-ring (bicyclic) bond motifs is 1. The zero-order valence-corrected chi connectivity index (χ0v) is 17.2. The molecule has 0 radical (unpaired) electrons. The molecule has 2 aromatic carbocycles. The van der Waals surface area contributed by atoms with E-state index in [0.29, 0.717) is 11.3 Å². The molecule has 0 bridgehead atoms. The molecule has 2 heterocycles. The molecule has 0 saturated carbocycles. The molecule has 8 heteroatoms. The number of piperidine rings is 1. The van der Waals surface area contributed by atoms with Gasteiger partial charge in [-0.3, -0.25) is 4.72 Å². The van der Waals surface area contributed by atoms with Crippen LogP contribution in [0.25, 0.3) is 11.0 Å². The van der Waals surface area contributed by atoms with Crippen molar-refractivity contribution in [3.05, 3.63) is 54.6 Å². The van der Waals surface area contributed by atoms with Crippen LogP contribution < -0.4 is 10.0 Å². The lowest BCUT2D eigenvalue weighted by Gasteiger charge is -2.32. The topological polar surface area (TPSA) is 87.2 Å². The fraction of sp³-hybridized carbons (Fsp3) is 0.333. The maximum Gasteiger partial charge on any atom is 0.263 e. The smallest absolute Gasteiger partial charge is 0.263 e. The Balaban J connectivity index is 1.65. The minimum absolute atomic E-state index is 0.192. The molecule has 29 heavy (non-hydrogen) atoms. The zero-order chi connectivity index (χ0) is 20.3. The second-order valence-electron chi connectivity index (χ2n) is 7.18. The van der Waals surface area contributed by atoms with Gasteiger partial charge in [-0.05, 0) is 43.7 Å². The number of anilines is 2. The Hall–Kier alpha value is -2.71. The van der Waals surface area contributed by atoms with E-state index in [2.05, 4.69) is 31.8 Å². The van der Waals surface area contributed by atoms with Crippen molar-refractivity contribution in [2.75, 3.05) is 29.7 Å². The normalized spacial score (nSPS) is 16.0. The first-order valence-corrected chi connectivity index (χ1v) is 11.4. The monoisotopic (exact) mass is 411 g/mol. The Morgan fingerprint density at radius 2 is 1.52 bits per heavy atom. The second kappa shape index (κ2) is 8.34. The number of nitrogens with zero attached hydrogens (tertiary/aromatic N) is 3. The molecular formula is C21H25N5O2S. The molecule has 1 saturated heterocycles. The van der Waals surface area contributed by atoms with Gasteiger partial charge in [0.15, 0.2) is 11.6 Å². The lowest BCUT2D eigenvalue weighted by Crippen LogP contribution is -2.39. The van der Waals surface area contributed by atoms with Gasteiger partial charge in [-0.2, -0.15) is 0 Å². The second-order valence-corrected chi connectivity index (χ2v) is 8.86. The van der Waals surface area contributed by atoms with Gasteiger partial charge < -0.3 is 10.2 Å². The Labute approximate surface area is 171 Å². The standard InChI is InChI=1S/C21H25N5O2S/c1-2-26-14-12-16(13-15-26)22-20-21(24-19-11-7-6-10-18(19)23-20)25-29(27,28)17-8-4-3-5-9-17/h3-11,16H,2,12-15H2,1H3,(H,22,23)(H,24,25). The Bertz CT molecular complexity index is 1080. The van der Waals surface area contributed by atoms with Crippen LogP contribution in [0.1, 0.15) is 19.8 Å². The Kier molecular flexibility index (Phi) is 5.64. The Morgan fingerprint density at radius 3 is 2.14 bits per heavy atom. The van der Waals surface area contributed by atoms with E-state index in [9.17, 15) is 8.42 Å². The molecule has 3 aromatic rings. The molecule has 4 rings (SSSR count). The van der Waals surface area contributed by atoms with Gasteiger partial charge in [0.2, 0.25) is 0 Å². The number of rotatable bonds is 6. The fourth-order valence-electron chi connectivity index (χ4n) is 3.54. The molecule has 0 aliphatic carbocycles. The number of likely N-dealkylation sites (tertiary alicyclic amines) is 1. The molecule has 1 fully saturated rings. The summed E-state index contributed by atoms with van der Waals surface area (Å²) in [6.45, 7) is 5.24. The van der Waals surface area contributed by atoms with Crippen molar-refractivity contribution in [2.24, 2.45) is 0 Å². The van der Waals surface area contributed by atoms with E-state index in [4.69, 9.17) is 0 Å². The van der Waals surface area contributed by atoms with Crippen molar-refractivity contribution in [3.63, 3.8) is 0 Å². The summed E-state index contributed by atoms with van der Waals surface area (Å²) in [5.74, 6) is 0.698. The first-order valence-electron chi connectivity index (χ1n) is 9.89. The van der Waals surface area contributed by atoms with Gasteiger partial charge in [-0.1, -0.05) is 37.3 Å². The van der Waals surface area contributed by atoms with E-state index < -0.39 is 10.0 Å². The van der Waals surface area contributed by atoms with Crippen LogP contribution in [0.5, 0.6) is 0 Å². The SMILES string of the molecule is CCN1CCC(Nc2nc3ccccc3nc2NS(=O)(=O)c2ccccc2)CC1. The summed E-state index contributed by atoms with van der Waals surface area (Å²) in [6, 6.07) is 16.0. The van der Waals surface area contributed by atoms with Gasteiger partial charge in [0, 0.05) is 19.1 Å². The van der Waals surface area contributed by atoms with Gasteiger partial charge in [0.1, 0.15) is 0 Å². The van der Waals surface area contributed by atoms with E-state index in [1.807, 2.05) is 24.3 Å². The van der Waals surface area contributed by atoms with Gasteiger partial charge in [0.25, 0.3) is 10.0 Å². The van der Waals surface area contributed by atoms with E-state index >= 15 is 0 Å². The molecule has 152 valence electrons. The van der Waals surface area contributed by atoms with Gasteiger partial charge in [-0.15, -0.1) is 0 Å².